The molecule has 0 fully saturated rings. The third-order valence-corrected chi connectivity index (χ3v) is 9.10. The van der Waals surface area contributed by atoms with Gasteiger partial charge in [-0.2, -0.15) is 0 Å². The van der Waals surface area contributed by atoms with Crippen molar-refractivity contribution in [2.45, 2.75) is 45.8 Å². The first kappa shape index (κ1) is 18.8. The van der Waals surface area contributed by atoms with Crippen molar-refractivity contribution >= 4 is 31.8 Å². The Kier molecular flexibility index (Phi) is 5.56. The second kappa shape index (κ2) is 7.12. The summed E-state index contributed by atoms with van der Waals surface area (Å²) < 4.78 is 6.49. The molecule has 128 valence electrons. The maximum absolute atomic E-state index is 6.49. The first-order valence-corrected chi connectivity index (χ1v) is 11.5. The Balaban J connectivity index is 2.32. The van der Waals surface area contributed by atoms with Crippen molar-refractivity contribution in [3.05, 3.63) is 58.6 Å². The molecule has 0 aromatic heterocycles. The van der Waals surface area contributed by atoms with Crippen LogP contribution >= 0.6 is 11.6 Å². The van der Waals surface area contributed by atoms with Gasteiger partial charge in [0.15, 0.2) is 0 Å². The highest BCUT2D eigenvalue weighted by molar-refractivity contribution is 6.74. The zero-order chi connectivity index (χ0) is 18.0. The van der Waals surface area contributed by atoms with Crippen LogP contribution in [0.3, 0.4) is 0 Å². The smallest absolute Gasteiger partial charge is 0.250 e. The summed E-state index contributed by atoms with van der Waals surface area (Å²) in [5.74, 6) is 0.867. The van der Waals surface area contributed by atoms with E-state index in [0.717, 1.165) is 22.0 Å². The predicted octanol–water partition coefficient (Wildman–Crippen LogP) is 6.78. The molecule has 2 rings (SSSR count). The lowest BCUT2D eigenvalue weighted by molar-refractivity contribution is 0.493. The molecular formula is C20H26ClNOSi. The summed E-state index contributed by atoms with van der Waals surface area (Å²) in [6, 6.07) is 13.8. The summed E-state index contributed by atoms with van der Waals surface area (Å²) in [7, 11) is -1.91. The van der Waals surface area contributed by atoms with Gasteiger partial charge in [-0.25, -0.2) is 0 Å². The number of benzene rings is 2. The first-order chi connectivity index (χ1) is 11.1. The zero-order valence-electron chi connectivity index (χ0n) is 15.4. The molecule has 24 heavy (non-hydrogen) atoms. The minimum atomic E-state index is -1.91. The van der Waals surface area contributed by atoms with Gasteiger partial charge < -0.3 is 4.43 Å². The summed E-state index contributed by atoms with van der Waals surface area (Å²) in [6.07, 6.45) is 1.85. The van der Waals surface area contributed by atoms with Crippen molar-refractivity contribution in [1.29, 1.82) is 0 Å². The van der Waals surface area contributed by atoms with Crippen molar-refractivity contribution in [3.8, 4) is 5.75 Å². The summed E-state index contributed by atoms with van der Waals surface area (Å²) in [6.45, 7) is 13.3. The lowest BCUT2D eigenvalue weighted by atomic mass is 10.2. The van der Waals surface area contributed by atoms with Crippen LogP contribution in [0.2, 0.25) is 23.2 Å². The Morgan fingerprint density at radius 1 is 1.04 bits per heavy atom. The molecular weight excluding hydrogens is 334 g/mol. The number of rotatable bonds is 4. The van der Waals surface area contributed by atoms with Crippen LogP contribution in [0.4, 0.5) is 5.69 Å². The largest absolute Gasteiger partial charge is 0.542 e. The van der Waals surface area contributed by atoms with E-state index in [-0.39, 0.29) is 5.04 Å². The van der Waals surface area contributed by atoms with Gasteiger partial charge in [-0.15, -0.1) is 0 Å². The van der Waals surface area contributed by atoms with Crippen LogP contribution in [0.5, 0.6) is 5.75 Å². The van der Waals surface area contributed by atoms with Crippen molar-refractivity contribution < 1.29 is 4.43 Å². The van der Waals surface area contributed by atoms with E-state index in [1.54, 1.807) is 0 Å². The third-order valence-electron chi connectivity index (χ3n) is 4.51. The molecule has 4 heteroatoms. The lowest BCUT2D eigenvalue weighted by Gasteiger charge is -2.36. The molecule has 0 aliphatic heterocycles. The lowest BCUT2D eigenvalue weighted by Crippen LogP contribution is -2.43. The predicted molar refractivity (Wildman–Crippen MR) is 108 cm³/mol. The quantitative estimate of drug-likeness (QED) is 0.435. The highest BCUT2D eigenvalue weighted by Crippen LogP contribution is 2.40. The second-order valence-corrected chi connectivity index (χ2v) is 12.8. The summed E-state index contributed by atoms with van der Waals surface area (Å²) in [5.41, 5.74) is 3.05. The molecule has 0 radical (unpaired) electrons. The van der Waals surface area contributed by atoms with Crippen LogP contribution < -0.4 is 4.43 Å². The molecule has 2 aromatic carbocycles. The summed E-state index contributed by atoms with van der Waals surface area (Å²) in [4.78, 5) is 4.64. The van der Waals surface area contributed by atoms with Crippen molar-refractivity contribution in [1.82, 2.24) is 0 Å². The molecule has 0 amide bonds. The maximum atomic E-state index is 6.49. The third kappa shape index (κ3) is 4.71. The molecule has 0 saturated heterocycles. The fourth-order valence-electron chi connectivity index (χ4n) is 1.93. The van der Waals surface area contributed by atoms with E-state index in [1.807, 2.05) is 36.5 Å². The van der Waals surface area contributed by atoms with Gasteiger partial charge in [-0.1, -0.05) is 50.6 Å². The van der Waals surface area contributed by atoms with Gasteiger partial charge in [0.05, 0.1) is 0 Å². The maximum Gasteiger partial charge on any atom is 0.250 e. The van der Waals surface area contributed by atoms with Gasteiger partial charge in [-0.05, 0) is 60.4 Å². The average molecular weight is 360 g/mol. The number of aliphatic imine (C=N–C) groups is 1. The monoisotopic (exact) mass is 359 g/mol. The second-order valence-electron chi connectivity index (χ2n) is 7.64. The fourth-order valence-corrected chi connectivity index (χ4v) is 3.08. The van der Waals surface area contributed by atoms with E-state index in [1.165, 1.54) is 5.56 Å². The summed E-state index contributed by atoms with van der Waals surface area (Å²) in [5, 5.41) is 0.873. The van der Waals surface area contributed by atoms with Gasteiger partial charge in [0.2, 0.25) is 0 Å². The van der Waals surface area contributed by atoms with E-state index in [9.17, 15) is 0 Å². The molecule has 2 aromatic rings. The minimum absolute atomic E-state index is 0.147. The topological polar surface area (TPSA) is 21.6 Å². The molecule has 2 nitrogen and oxygen atoms in total. The Hall–Kier alpha value is -1.58. The number of hydrogen-bond acceptors (Lipinski definition) is 2. The van der Waals surface area contributed by atoms with Gasteiger partial charge in [0.25, 0.3) is 8.32 Å². The van der Waals surface area contributed by atoms with E-state index in [4.69, 9.17) is 16.0 Å². The SMILES string of the molecule is Cc1ccc(N=Cc2ccc(Cl)cc2)c(O[Si](C)(C)C(C)(C)C)c1. The first-order valence-electron chi connectivity index (χ1n) is 8.18. The normalized spacial score (nSPS) is 12.6. The van der Waals surface area contributed by atoms with Crippen molar-refractivity contribution in [3.63, 3.8) is 0 Å². The van der Waals surface area contributed by atoms with Crippen LogP contribution in [0.15, 0.2) is 47.5 Å². The standard InChI is InChI=1S/C20H26ClNOSi/c1-15-7-12-18(22-14-16-8-10-17(21)11-9-16)19(13-15)23-24(5,6)20(2,3)4/h7-14H,1-6H3. The minimum Gasteiger partial charge on any atom is -0.542 e. The van der Waals surface area contributed by atoms with Gasteiger partial charge in [0.1, 0.15) is 11.4 Å². The van der Waals surface area contributed by atoms with Crippen LogP contribution in [0.25, 0.3) is 0 Å². The van der Waals surface area contributed by atoms with Crippen LogP contribution in [0, 0.1) is 6.92 Å². The number of hydrogen-bond donors (Lipinski definition) is 0. The molecule has 0 spiro atoms. The van der Waals surface area contributed by atoms with Gasteiger partial charge in [-0.3, -0.25) is 4.99 Å². The van der Waals surface area contributed by atoms with E-state index >= 15 is 0 Å². The molecule has 0 aliphatic carbocycles. The Labute approximate surface area is 151 Å². The number of aryl methyl sites for hydroxylation is 1. The Morgan fingerprint density at radius 3 is 2.25 bits per heavy atom. The molecule has 0 aliphatic rings. The Bertz CT molecular complexity index is 730. The highest BCUT2D eigenvalue weighted by Gasteiger charge is 2.39. The molecule has 0 N–H and O–H groups in total. The molecule has 0 unspecified atom stereocenters. The molecule has 0 atom stereocenters. The van der Waals surface area contributed by atoms with Gasteiger partial charge in [0, 0.05) is 11.2 Å². The molecule has 0 saturated carbocycles. The highest BCUT2D eigenvalue weighted by atomic mass is 35.5. The average Bonchev–Trinajstić information content (AvgIpc) is 2.46. The Morgan fingerprint density at radius 2 is 1.67 bits per heavy atom. The van der Waals surface area contributed by atoms with Gasteiger partial charge >= 0.3 is 0 Å². The molecule has 0 bridgehead atoms. The van der Waals surface area contributed by atoms with Crippen molar-refractivity contribution in [2.75, 3.05) is 0 Å². The van der Waals surface area contributed by atoms with Crippen LogP contribution in [-0.2, 0) is 0 Å². The zero-order valence-corrected chi connectivity index (χ0v) is 17.1. The van der Waals surface area contributed by atoms with E-state index in [2.05, 4.69) is 57.9 Å². The van der Waals surface area contributed by atoms with Crippen molar-refractivity contribution in [2.24, 2.45) is 4.99 Å². The van der Waals surface area contributed by atoms with E-state index in [0.29, 0.717) is 0 Å². The molecule has 0 heterocycles. The van der Waals surface area contributed by atoms with Crippen LogP contribution in [-0.4, -0.2) is 14.5 Å². The number of nitrogens with zero attached hydrogens (tertiary/aromatic N) is 1. The summed E-state index contributed by atoms with van der Waals surface area (Å²) >= 11 is 5.93. The van der Waals surface area contributed by atoms with Crippen LogP contribution in [0.1, 0.15) is 31.9 Å². The fraction of sp³-hybridized carbons (Fsp3) is 0.350. The number of halogens is 1. The van der Waals surface area contributed by atoms with E-state index < -0.39 is 8.32 Å².